The molecule has 0 amide bonds. The van der Waals surface area contributed by atoms with E-state index in [1.165, 1.54) is 18.4 Å². The fourth-order valence-corrected chi connectivity index (χ4v) is 1.14. The Balaban J connectivity index is 3.02. The largest absolute Gasteiger partial charge is 0.313 e. The molecule has 0 aromatic carbocycles. The van der Waals surface area contributed by atoms with E-state index in [2.05, 4.69) is 21.2 Å². The van der Waals surface area contributed by atoms with Gasteiger partial charge in [0, 0.05) is 17.4 Å². The van der Waals surface area contributed by atoms with E-state index in [1.54, 1.807) is 5.54 Å². The highest BCUT2D eigenvalue weighted by Gasteiger charge is 1.88. The van der Waals surface area contributed by atoms with Crippen LogP contribution < -0.4 is 5.32 Å². The molecular formula is C8H15BrClN. The molecule has 0 aliphatic rings. The summed E-state index contributed by atoms with van der Waals surface area (Å²) in [6, 6.07) is 0. The summed E-state index contributed by atoms with van der Waals surface area (Å²) in [5.74, 6) is 0. The Morgan fingerprint density at radius 2 is 2.27 bits per heavy atom. The lowest BCUT2D eigenvalue weighted by molar-refractivity contribution is 0.675. The van der Waals surface area contributed by atoms with E-state index in [1.807, 2.05) is 6.92 Å². The molecule has 0 aliphatic carbocycles. The second kappa shape index (κ2) is 8.57. The van der Waals surface area contributed by atoms with Crippen LogP contribution in [0, 0.1) is 0 Å². The number of unbranched alkanes of at least 4 members (excludes halogenated alkanes) is 1. The van der Waals surface area contributed by atoms with Gasteiger partial charge in [-0.1, -0.05) is 27.5 Å². The molecule has 1 N–H and O–H groups in total. The summed E-state index contributed by atoms with van der Waals surface area (Å²) in [6.45, 7) is 4.00. The molecule has 0 bridgehead atoms. The lowest BCUT2D eigenvalue weighted by Crippen LogP contribution is -2.17. The maximum absolute atomic E-state index is 5.48. The minimum Gasteiger partial charge on any atom is -0.313 e. The lowest BCUT2D eigenvalue weighted by atomic mass is 10.3. The third-order valence-corrected chi connectivity index (χ3v) is 2.26. The fraction of sp³-hybridized carbons (Fsp3) is 0.750. The third-order valence-electron chi connectivity index (χ3n) is 1.33. The molecule has 0 aliphatic heterocycles. The molecule has 0 atom stereocenters. The molecule has 0 aromatic rings. The van der Waals surface area contributed by atoms with Crippen molar-refractivity contribution in [2.45, 2.75) is 19.8 Å². The monoisotopic (exact) mass is 239 g/mol. The second-order valence-corrected chi connectivity index (χ2v) is 3.54. The number of hydrogen-bond donors (Lipinski definition) is 1. The first kappa shape index (κ1) is 11.5. The average molecular weight is 241 g/mol. The molecule has 0 unspecified atom stereocenters. The number of halogens is 2. The van der Waals surface area contributed by atoms with E-state index in [4.69, 9.17) is 11.6 Å². The summed E-state index contributed by atoms with van der Waals surface area (Å²) in [7, 11) is 0. The van der Waals surface area contributed by atoms with Crippen LogP contribution >= 0.6 is 27.5 Å². The summed E-state index contributed by atoms with van der Waals surface area (Å²) in [4.78, 5) is 0. The van der Waals surface area contributed by atoms with Crippen LogP contribution in [-0.4, -0.2) is 18.4 Å². The highest BCUT2D eigenvalue weighted by atomic mass is 79.9. The molecule has 0 spiro atoms. The van der Waals surface area contributed by atoms with Crippen LogP contribution in [0.15, 0.2) is 11.1 Å². The van der Waals surface area contributed by atoms with Gasteiger partial charge in [-0.3, -0.25) is 0 Å². The van der Waals surface area contributed by atoms with Crippen molar-refractivity contribution in [2.24, 2.45) is 0 Å². The van der Waals surface area contributed by atoms with Crippen LogP contribution in [0.5, 0.6) is 0 Å². The number of alkyl halides is 1. The lowest BCUT2D eigenvalue weighted by Gasteiger charge is -2.02. The molecule has 0 saturated carbocycles. The zero-order valence-corrected chi connectivity index (χ0v) is 9.21. The Morgan fingerprint density at radius 3 is 2.82 bits per heavy atom. The van der Waals surface area contributed by atoms with Gasteiger partial charge in [-0.25, -0.2) is 0 Å². The van der Waals surface area contributed by atoms with Gasteiger partial charge >= 0.3 is 0 Å². The second-order valence-electron chi connectivity index (χ2n) is 2.53. The summed E-state index contributed by atoms with van der Waals surface area (Å²) in [5, 5.41) is 4.39. The minimum atomic E-state index is 0.909. The number of rotatable bonds is 6. The van der Waals surface area contributed by atoms with E-state index < -0.39 is 0 Å². The van der Waals surface area contributed by atoms with Crippen molar-refractivity contribution < 1.29 is 0 Å². The first-order valence-electron chi connectivity index (χ1n) is 3.83. The van der Waals surface area contributed by atoms with Gasteiger partial charge in [0.15, 0.2) is 0 Å². The highest BCUT2D eigenvalue weighted by Crippen LogP contribution is 1.94. The molecule has 1 nitrogen and oxygen atoms in total. The predicted octanol–water partition coefficient (Wildman–Crippen LogP) is 2.89. The van der Waals surface area contributed by atoms with Gasteiger partial charge in [0.1, 0.15) is 0 Å². The normalized spacial score (nSPS) is 12.1. The standard InChI is InChI=1S/C8H15BrClN/c1-8(6-10)7-11-5-3-2-4-9/h6,11H,2-5,7H2,1H3. The van der Waals surface area contributed by atoms with Crippen molar-refractivity contribution in [2.75, 3.05) is 18.4 Å². The average Bonchev–Trinajstić information content (AvgIpc) is 2.04. The Morgan fingerprint density at radius 1 is 1.55 bits per heavy atom. The van der Waals surface area contributed by atoms with Crippen LogP contribution in [0.1, 0.15) is 19.8 Å². The quantitative estimate of drug-likeness (QED) is 0.556. The van der Waals surface area contributed by atoms with Crippen molar-refractivity contribution in [3.63, 3.8) is 0 Å². The summed E-state index contributed by atoms with van der Waals surface area (Å²) >= 11 is 8.87. The third kappa shape index (κ3) is 8.38. The summed E-state index contributed by atoms with van der Waals surface area (Å²) in [5.41, 5.74) is 2.81. The number of nitrogens with one attached hydrogen (secondary N) is 1. The smallest absolute Gasteiger partial charge is 0.0173 e. The van der Waals surface area contributed by atoms with Gasteiger partial charge in [-0.2, -0.15) is 0 Å². The van der Waals surface area contributed by atoms with Crippen LogP contribution in [0.2, 0.25) is 0 Å². The molecule has 0 saturated heterocycles. The van der Waals surface area contributed by atoms with E-state index in [0.29, 0.717) is 0 Å². The predicted molar refractivity (Wildman–Crippen MR) is 55.5 cm³/mol. The molecule has 0 rings (SSSR count). The van der Waals surface area contributed by atoms with Crippen molar-refractivity contribution >= 4 is 27.5 Å². The first-order chi connectivity index (χ1) is 5.31. The Kier molecular flexibility index (Phi) is 8.93. The number of hydrogen-bond acceptors (Lipinski definition) is 1. The zero-order chi connectivity index (χ0) is 8.53. The van der Waals surface area contributed by atoms with Crippen LogP contribution in [-0.2, 0) is 0 Å². The van der Waals surface area contributed by atoms with Crippen LogP contribution in [0.4, 0.5) is 0 Å². The maximum atomic E-state index is 5.48. The molecular weight excluding hydrogens is 225 g/mol. The molecule has 11 heavy (non-hydrogen) atoms. The van der Waals surface area contributed by atoms with Crippen LogP contribution in [0.3, 0.4) is 0 Å². The summed E-state index contributed by atoms with van der Waals surface area (Å²) in [6.07, 6.45) is 2.46. The Bertz CT molecular complexity index is 115. The summed E-state index contributed by atoms with van der Waals surface area (Å²) < 4.78 is 0. The van der Waals surface area contributed by atoms with Crippen molar-refractivity contribution in [3.8, 4) is 0 Å². The fourth-order valence-electron chi connectivity index (χ4n) is 0.669. The van der Waals surface area contributed by atoms with E-state index in [9.17, 15) is 0 Å². The first-order valence-corrected chi connectivity index (χ1v) is 5.39. The molecule has 0 fully saturated rings. The molecule has 0 heterocycles. The molecule has 0 radical (unpaired) electrons. The zero-order valence-electron chi connectivity index (χ0n) is 6.87. The SMILES string of the molecule is CC(=CCl)CNCCCCBr. The van der Waals surface area contributed by atoms with E-state index in [0.717, 1.165) is 18.4 Å². The van der Waals surface area contributed by atoms with Gasteiger partial charge < -0.3 is 5.32 Å². The Labute approximate surface area is 82.3 Å². The van der Waals surface area contributed by atoms with Crippen molar-refractivity contribution in [3.05, 3.63) is 11.1 Å². The minimum absolute atomic E-state index is 0.909. The van der Waals surface area contributed by atoms with Gasteiger partial charge in [-0.05, 0) is 31.9 Å². The van der Waals surface area contributed by atoms with Gasteiger partial charge in [0.05, 0.1) is 0 Å². The molecule has 0 aromatic heterocycles. The van der Waals surface area contributed by atoms with E-state index >= 15 is 0 Å². The topological polar surface area (TPSA) is 12.0 Å². The molecule has 3 heteroatoms. The van der Waals surface area contributed by atoms with Crippen molar-refractivity contribution in [1.82, 2.24) is 5.32 Å². The van der Waals surface area contributed by atoms with Gasteiger partial charge in [-0.15, -0.1) is 0 Å². The van der Waals surface area contributed by atoms with E-state index in [-0.39, 0.29) is 0 Å². The van der Waals surface area contributed by atoms with Crippen LogP contribution in [0.25, 0.3) is 0 Å². The molecule has 66 valence electrons. The van der Waals surface area contributed by atoms with Gasteiger partial charge in [0.2, 0.25) is 0 Å². The van der Waals surface area contributed by atoms with Crippen molar-refractivity contribution in [1.29, 1.82) is 0 Å². The Hall–Kier alpha value is 0.470. The van der Waals surface area contributed by atoms with Gasteiger partial charge in [0.25, 0.3) is 0 Å². The maximum Gasteiger partial charge on any atom is 0.0173 e. The highest BCUT2D eigenvalue weighted by molar-refractivity contribution is 9.09.